The third-order valence-electron chi connectivity index (χ3n) is 5.44. The molecule has 1 saturated carbocycles. The fraction of sp³-hybridized carbons (Fsp3) is 0.824. The second kappa shape index (κ2) is 6.30. The SMILES string of the molecule is CC1CCC(=CC(=O)NC2CCN3CCCCC23)CC1. The summed E-state index contributed by atoms with van der Waals surface area (Å²) >= 11 is 0. The van der Waals surface area contributed by atoms with Gasteiger partial charge < -0.3 is 5.32 Å². The van der Waals surface area contributed by atoms with Crippen LogP contribution in [0.2, 0.25) is 0 Å². The number of fused-ring (bicyclic) bond motifs is 1. The quantitative estimate of drug-likeness (QED) is 0.787. The molecular formula is C17H28N2O. The molecule has 3 aliphatic rings. The first kappa shape index (κ1) is 14.1. The Labute approximate surface area is 122 Å². The Morgan fingerprint density at radius 3 is 2.75 bits per heavy atom. The fourth-order valence-corrected chi connectivity index (χ4v) is 4.10. The van der Waals surface area contributed by atoms with E-state index in [1.807, 2.05) is 6.08 Å². The van der Waals surface area contributed by atoms with Gasteiger partial charge in [-0.25, -0.2) is 0 Å². The first-order valence-corrected chi connectivity index (χ1v) is 8.46. The molecule has 0 aromatic heterocycles. The van der Waals surface area contributed by atoms with Gasteiger partial charge >= 0.3 is 0 Å². The summed E-state index contributed by atoms with van der Waals surface area (Å²) in [7, 11) is 0. The number of rotatable bonds is 2. The van der Waals surface area contributed by atoms with Crippen LogP contribution >= 0.6 is 0 Å². The summed E-state index contributed by atoms with van der Waals surface area (Å²) < 4.78 is 0. The van der Waals surface area contributed by atoms with Crippen molar-refractivity contribution in [3.63, 3.8) is 0 Å². The van der Waals surface area contributed by atoms with E-state index in [1.165, 1.54) is 50.8 Å². The van der Waals surface area contributed by atoms with Crippen molar-refractivity contribution in [1.82, 2.24) is 10.2 Å². The molecule has 1 amide bonds. The van der Waals surface area contributed by atoms with E-state index in [1.54, 1.807) is 0 Å². The maximum absolute atomic E-state index is 12.2. The molecule has 112 valence electrons. The van der Waals surface area contributed by atoms with Crippen molar-refractivity contribution in [2.45, 2.75) is 70.4 Å². The van der Waals surface area contributed by atoms with Crippen LogP contribution in [0.5, 0.6) is 0 Å². The van der Waals surface area contributed by atoms with E-state index in [2.05, 4.69) is 17.1 Å². The van der Waals surface area contributed by atoms with E-state index in [0.717, 1.165) is 25.2 Å². The molecule has 0 aromatic rings. The van der Waals surface area contributed by atoms with Crippen LogP contribution in [0.1, 0.15) is 58.3 Å². The van der Waals surface area contributed by atoms with Gasteiger partial charge in [0.1, 0.15) is 0 Å². The minimum atomic E-state index is 0.159. The number of allylic oxidation sites excluding steroid dienone is 1. The molecule has 0 radical (unpaired) electrons. The molecule has 2 heterocycles. The topological polar surface area (TPSA) is 32.3 Å². The highest BCUT2D eigenvalue weighted by Gasteiger charge is 2.35. The largest absolute Gasteiger partial charge is 0.348 e. The maximum atomic E-state index is 12.2. The van der Waals surface area contributed by atoms with Gasteiger partial charge in [0.2, 0.25) is 5.91 Å². The van der Waals surface area contributed by atoms with Crippen LogP contribution in [0.4, 0.5) is 0 Å². The lowest BCUT2D eigenvalue weighted by molar-refractivity contribution is -0.117. The molecule has 3 nitrogen and oxygen atoms in total. The zero-order valence-electron chi connectivity index (χ0n) is 12.7. The molecule has 0 aromatic carbocycles. The van der Waals surface area contributed by atoms with Gasteiger partial charge in [-0.2, -0.15) is 0 Å². The molecule has 20 heavy (non-hydrogen) atoms. The Bertz CT molecular complexity index is 380. The molecule has 0 spiro atoms. The number of nitrogens with zero attached hydrogens (tertiary/aromatic N) is 1. The van der Waals surface area contributed by atoms with Crippen molar-refractivity contribution in [3.05, 3.63) is 11.6 Å². The van der Waals surface area contributed by atoms with E-state index >= 15 is 0 Å². The molecule has 2 aliphatic heterocycles. The molecule has 2 unspecified atom stereocenters. The van der Waals surface area contributed by atoms with Crippen molar-refractivity contribution >= 4 is 5.91 Å². The number of amides is 1. The predicted molar refractivity (Wildman–Crippen MR) is 81.5 cm³/mol. The van der Waals surface area contributed by atoms with Crippen LogP contribution in [0.3, 0.4) is 0 Å². The van der Waals surface area contributed by atoms with Gasteiger partial charge in [-0.15, -0.1) is 0 Å². The average molecular weight is 276 g/mol. The van der Waals surface area contributed by atoms with Crippen molar-refractivity contribution in [3.8, 4) is 0 Å². The van der Waals surface area contributed by atoms with Crippen LogP contribution in [0.25, 0.3) is 0 Å². The molecule has 0 bridgehead atoms. The normalized spacial score (nSPS) is 34.6. The summed E-state index contributed by atoms with van der Waals surface area (Å²) in [4.78, 5) is 14.8. The lowest BCUT2D eigenvalue weighted by atomic mass is 9.87. The fourth-order valence-electron chi connectivity index (χ4n) is 4.10. The first-order chi connectivity index (χ1) is 9.72. The Balaban J connectivity index is 1.52. The van der Waals surface area contributed by atoms with E-state index in [9.17, 15) is 4.79 Å². The van der Waals surface area contributed by atoms with Gasteiger partial charge in [0, 0.05) is 24.7 Å². The second-order valence-corrected chi connectivity index (χ2v) is 6.99. The van der Waals surface area contributed by atoms with Gasteiger partial charge in [-0.3, -0.25) is 9.69 Å². The summed E-state index contributed by atoms with van der Waals surface area (Å²) in [6.45, 7) is 4.72. The number of hydrogen-bond acceptors (Lipinski definition) is 2. The van der Waals surface area contributed by atoms with Crippen LogP contribution in [-0.4, -0.2) is 36.0 Å². The summed E-state index contributed by atoms with van der Waals surface area (Å²) in [5, 5.41) is 3.28. The zero-order valence-corrected chi connectivity index (χ0v) is 12.7. The van der Waals surface area contributed by atoms with Gasteiger partial charge in [0.05, 0.1) is 0 Å². The molecule has 3 heteroatoms. The number of piperidine rings is 1. The Morgan fingerprint density at radius 2 is 1.95 bits per heavy atom. The molecular weight excluding hydrogens is 248 g/mol. The van der Waals surface area contributed by atoms with Crippen LogP contribution in [-0.2, 0) is 4.79 Å². The lowest BCUT2D eigenvalue weighted by Gasteiger charge is -2.32. The van der Waals surface area contributed by atoms with E-state index < -0.39 is 0 Å². The Morgan fingerprint density at radius 1 is 1.15 bits per heavy atom. The zero-order chi connectivity index (χ0) is 13.9. The van der Waals surface area contributed by atoms with E-state index in [4.69, 9.17) is 0 Å². The molecule has 3 fully saturated rings. The average Bonchev–Trinajstić information content (AvgIpc) is 2.85. The van der Waals surface area contributed by atoms with Crippen molar-refractivity contribution in [1.29, 1.82) is 0 Å². The van der Waals surface area contributed by atoms with Crippen LogP contribution < -0.4 is 5.32 Å². The third kappa shape index (κ3) is 3.25. The molecule has 2 saturated heterocycles. The Kier molecular flexibility index (Phi) is 4.45. The summed E-state index contributed by atoms with van der Waals surface area (Å²) in [6, 6.07) is 1.000. The number of nitrogens with one attached hydrogen (secondary N) is 1. The van der Waals surface area contributed by atoms with Crippen LogP contribution in [0, 0.1) is 5.92 Å². The van der Waals surface area contributed by atoms with Crippen molar-refractivity contribution in [2.75, 3.05) is 13.1 Å². The van der Waals surface area contributed by atoms with Crippen molar-refractivity contribution in [2.24, 2.45) is 5.92 Å². The lowest BCUT2D eigenvalue weighted by Crippen LogP contribution is -2.46. The number of hydrogen-bond donors (Lipinski definition) is 1. The summed E-state index contributed by atoms with van der Waals surface area (Å²) in [5.41, 5.74) is 1.36. The number of carbonyl (C=O) groups excluding carboxylic acids is 1. The molecule has 1 aliphatic carbocycles. The highest BCUT2D eigenvalue weighted by Crippen LogP contribution is 2.29. The van der Waals surface area contributed by atoms with Gasteiger partial charge in [0.15, 0.2) is 0 Å². The minimum Gasteiger partial charge on any atom is -0.348 e. The standard InChI is InChI=1S/C17H28N2O/c1-13-5-7-14(8-6-13)12-17(20)18-15-9-11-19-10-3-2-4-16(15)19/h12-13,15-16H,2-11H2,1H3,(H,18,20). The summed E-state index contributed by atoms with van der Waals surface area (Å²) in [6.07, 6.45) is 11.7. The highest BCUT2D eigenvalue weighted by molar-refractivity contribution is 5.88. The van der Waals surface area contributed by atoms with Gasteiger partial charge in [0.25, 0.3) is 0 Å². The third-order valence-corrected chi connectivity index (χ3v) is 5.44. The van der Waals surface area contributed by atoms with Crippen molar-refractivity contribution < 1.29 is 4.79 Å². The smallest absolute Gasteiger partial charge is 0.244 e. The van der Waals surface area contributed by atoms with E-state index in [0.29, 0.717) is 12.1 Å². The Hall–Kier alpha value is -0.830. The minimum absolute atomic E-state index is 0.159. The summed E-state index contributed by atoms with van der Waals surface area (Å²) in [5.74, 6) is 0.993. The van der Waals surface area contributed by atoms with Crippen LogP contribution in [0.15, 0.2) is 11.6 Å². The first-order valence-electron chi connectivity index (χ1n) is 8.46. The van der Waals surface area contributed by atoms with E-state index in [-0.39, 0.29) is 5.91 Å². The second-order valence-electron chi connectivity index (χ2n) is 6.99. The highest BCUT2D eigenvalue weighted by atomic mass is 16.1. The predicted octanol–water partition coefficient (Wildman–Crippen LogP) is 2.87. The molecule has 2 atom stereocenters. The van der Waals surface area contributed by atoms with Gasteiger partial charge in [-0.1, -0.05) is 18.9 Å². The van der Waals surface area contributed by atoms with Gasteiger partial charge in [-0.05, 0) is 57.4 Å². The monoisotopic (exact) mass is 276 g/mol. The maximum Gasteiger partial charge on any atom is 0.244 e. The molecule has 3 rings (SSSR count). The number of carbonyl (C=O) groups is 1. The molecule has 1 N–H and O–H groups in total.